The lowest BCUT2D eigenvalue weighted by Crippen LogP contribution is -2.51. The molecule has 2 fully saturated rings. The van der Waals surface area contributed by atoms with Crippen LogP contribution in [0.4, 0.5) is 0 Å². The number of thioether (sulfide) groups is 1. The number of hydrogen-bond donors (Lipinski definition) is 1. The van der Waals surface area contributed by atoms with Crippen LogP contribution in [0.5, 0.6) is 0 Å². The first-order chi connectivity index (χ1) is 5.87. The molecule has 1 aliphatic carbocycles. The van der Waals surface area contributed by atoms with E-state index in [1.165, 1.54) is 31.6 Å². The third kappa shape index (κ3) is 1.63. The average Bonchev–Trinajstić information content (AvgIpc) is 2.89. The Bertz CT molecular complexity index is 147. The Kier molecular flexibility index (Phi) is 2.63. The van der Waals surface area contributed by atoms with E-state index >= 15 is 0 Å². The normalized spacial score (nSPS) is 36.8. The van der Waals surface area contributed by atoms with E-state index in [1.807, 2.05) is 0 Å². The van der Waals surface area contributed by atoms with Crippen LogP contribution < -0.4 is 5.32 Å². The SMILES string of the molecule is COCC1(C2CC2)NCCCS1. The van der Waals surface area contributed by atoms with Crippen molar-refractivity contribution < 1.29 is 4.74 Å². The first-order valence-electron chi connectivity index (χ1n) is 4.75. The molecule has 0 aromatic heterocycles. The predicted octanol–water partition coefficient (Wildman–Crippen LogP) is 1.47. The third-order valence-corrected chi connectivity index (χ3v) is 4.30. The molecule has 0 aromatic carbocycles. The zero-order chi connectivity index (χ0) is 8.44. The molecule has 0 aromatic rings. The molecule has 2 nitrogen and oxygen atoms in total. The second-order valence-electron chi connectivity index (χ2n) is 3.73. The zero-order valence-electron chi connectivity index (χ0n) is 7.64. The van der Waals surface area contributed by atoms with Gasteiger partial charge in [-0.1, -0.05) is 0 Å². The summed E-state index contributed by atoms with van der Waals surface area (Å²) in [5.41, 5.74) is 0. The molecular weight excluding hydrogens is 170 g/mol. The molecule has 1 unspecified atom stereocenters. The van der Waals surface area contributed by atoms with Gasteiger partial charge in [0.15, 0.2) is 0 Å². The second-order valence-corrected chi connectivity index (χ2v) is 5.15. The maximum atomic E-state index is 5.30. The fourth-order valence-corrected chi connectivity index (χ4v) is 3.44. The average molecular weight is 187 g/mol. The van der Waals surface area contributed by atoms with Gasteiger partial charge in [0.2, 0.25) is 0 Å². The van der Waals surface area contributed by atoms with Crippen molar-refractivity contribution in [2.75, 3.05) is 26.0 Å². The summed E-state index contributed by atoms with van der Waals surface area (Å²) in [6, 6.07) is 0. The van der Waals surface area contributed by atoms with E-state index in [0.717, 1.165) is 12.5 Å². The van der Waals surface area contributed by atoms with E-state index in [0.29, 0.717) is 0 Å². The number of methoxy groups -OCH3 is 1. The predicted molar refractivity (Wildman–Crippen MR) is 52.4 cm³/mol. The summed E-state index contributed by atoms with van der Waals surface area (Å²) in [5, 5.41) is 3.63. The molecule has 3 heteroatoms. The van der Waals surface area contributed by atoms with Gasteiger partial charge in [0.05, 0.1) is 11.5 Å². The monoisotopic (exact) mass is 187 g/mol. The van der Waals surface area contributed by atoms with Gasteiger partial charge in [0.1, 0.15) is 0 Å². The Labute approximate surface area is 78.4 Å². The van der Waals surface area contributed by atoms with E-state index in [4.69, 9.17) is 4.74 Å². The fraction of sp³-hybridized carbons (Fsp3) is 1.00. The lowest BCUT2D eigenvalue weighted by atomic mass is 10.2. The highest BCUT2D eigenvalue weighted by molar-refractivity contribution is 8.00. The summed E-state index contributed by atoms with van der Waals surface area (Å²) >= 11 is 2.07. The molecule has 1 atom stereocenters. The minimum absolute atomic E-state index is 0.285. The van der Waals surface area contributed by atoms with Gasteiger partial charge < -0.3 is 10.1 Å². The summed E-state index contributed by atoms with van der Waals surface area (Å²) in [4.78, 5) is 0.285. The molecule has 0 radical (unpaired) electrons. The van der Waals surface area contributed by atoms with Crippen LogP contribution in [-0.2, 0) is 4.74 Å². The third-order valence-electron chi connectivity index (χ3n) is 2.70. The number of nitrogens with one attached hydrogen (secondary N) is 1. The highest BCUT2D eigenvalue weighted by Crippen LogP contribution is 2.47. The molecule has 0 spiro atoms. The first kappa shape index (κ1) is 8.85. The smallest absolute Gasteiger partial charge is 0.0909 e. The van der Waals surface area contributed by atoms with Crippen molar-refractivity contribution >= 4 is 11.8 Å². The van der Waals surface area contributed by atoms with Gasteiger partial charge in [-0.15, -0.1) is 11.8 Å². The highest BCUT2D eigenvalue weighted by atomic mass is 32.2. The Balaban J connectivity index is 1.98. The molecule has 1 aliphatic heterocycles. The van der Waals surface area contributed by atoms with E-state index in [2.05, 4.69) is 17.1 Å². The highest BCUT2D eigenvalue weighted by Gasteiger charge is 2.46. The fourth-order valence-electron chi connectivity index (χ4n) is 1.91. The molecule has 1 saturated heterocycles. The lowest BCUT2D eigenvalue weighted by Gasteiger charge is -2.37. The van der Waals surface area contributed by atoms with Crippen LogP contribution in [0.15, 0.2) is 0 Å². The quantitative estimate of drug-likeness (QED) is 0.723. The van der Waals surface area contributed by atoms with Gasteiger partial charge in [-0.2, -0.15) is 0 Å². The van der Waals surface area contributed by atoms with Crippen LogP contribution in [0.3, 0.4) is 0 Å². The van der Waals surface area contributed by atoms with Gasteiger partial charge in [0, 0.05) is 7.11 Å². The summed E-state index contributed by atoms with van der Waals surface area (Å²) in [6.07, 6.45) is 4.09. The molecular formula is C9H17NOS. The molecule has 0 amide bonds. The van der Waals surface area contributed by atoms with E-state index < -0.39 is 0 Å². The maximum absolute atomic E-state index is 5.30. The van der Waals surface area contributed by atoms with Crippen molar-refractivity contribution in [2.24, 2.45) is 5.92 Å². The topological polar surface area (TPSA) is 21.3 Å². The van der Waals surface area contributed by atoms with Crippen LogP contribution in [0.25, 0.3) is 0 Å². The lowest BCUT2D eigenvalue weighted by molar-refractivity contribution is 0.141. The van der Waals surface area contributed by atoms with Crippen molar-refractivity contribution in [1.82, 2.24) is 5.32 Å². The van der Waals surface area contributed by atoms with Crippen LogP contribution >= 0.6 is 11.8 Å². The standard InChI is InChI=1S/C9H17NOS/c1-11-7-9(8-3-4-8)10-5-2-6-12-9/h8,10H,2-7H2,1H3. The van der Waals surface area contributed by atoms with Crippen LogP contribution in [-0.4, -0.2) is 30.9 Å². The molecule has 70 valence electrons. The molecule has 1 N–H and O–H groups in total. The van der Waals surface area contributed by atoms with Crippen molar-refractivity contribution in [1.29, 1.82) is 0 Å². The Morgan fingerprint density at radius 1 is 1.58 bits per heavy atom. The molecule has 2 rings (SSSR count). The Morgan fingerprint density at radius 3 is 2.92 bits per heavy atom. The zero-order valence-corrected chi connectivity index (χ0v) is 8.45. The molecule has 12 heavy (non-hydrogen) atoms. The Hall–Kier alpha value is 0.270. The summed E-state index contributed by atoms with van der Waals surface area (Å²) in [7, 11) is 1.81. The number of ether oxygens (including phenoxy) is 1. The van der Waals surface area contributed by atoms with Gasteiger partial charge in [-0.3, -0.25) is 0 Å². The largest absolute Gasteiger partial charge is 0.382 e. The first-order valence-corrected chi connectivity index (χ1v) is 5.74. The van der Waals surface area contributed by atoms with Crippen molar-refractivity contribution in [2.45, 2.75) is 24.1 Å². The van der Waals surface area contributed by atoms with E-state index in [-0.39, 0.29) is 4.87 Å². The molecule has 1 saturated carbocycles. The molecule has 0 bridgehead atoms. The van der Waals surface area contributed by atoms with Gasteiger partial charge in [0.25, 0.3) is 0 Å². The van der Waals surface area contributed by atoms with Crippen LogP contribution in [0.1, 0.15) is 19.3 Å². The number of hydrogen-bond acceptors (Lipinski definition) is 3. The summed E-state index contributed by atoms with van der Waals surface area (Å²) < 4.78 is 5.30. The van der Waals surface area contributed by atoms with E-state index in [9.17, 15) is 0 Å². The van der Waals surface area contributed by atoms with Crippen molar-refractivity contribution in [3.63, 3.8) is 0 Å². The summed E-state index contributed by atoms with van der Waals surface area (Å²) in [5.74, 6) is 2.18. The molecule has 1 heterocycles. The minimum atomic E-state index is 0.285. The van der Waals surface area contributed by atoms with Gasteiger partial charge in [-0.05, 0) is 37.5 Å². The van der Waals surface area contributed by atoms with Crippen molar-refractivity contribution in [3.05, 3.63) is 0 Å². The Morgan fingerprint density at radius 2 is 2.42 bits per heavy atom. The second kappa shape index (κ2) is 3.56. The minimum Gasteiger partial charge on any atom is -0.382 e. The van der Waals surface area contributed by atoms with Crippen LogP contribution in [0, 0.1) is 5.92 Å². The maximum Gasteiger partial charge on any atom is 0.0909 e. The number of rotatable bonds is 3. The summed E-state index contributed by atoms with van der Waals surface area (Å²) in [6.45, 7) is 2.05. The molecule has 2 aliphatic rings. The van der Waals surface area contributed by atoms with E-state index in [1.54, 1.807) is 7.11 Å². The van der Waals surface area contributed by atoms with Crippen LogP contribution in [0.2, 0.25) is 0 Å². The van der Waals surface area contributed by atoms with Gasteiger partial charge >= 0.3 is 0 Å². The van der Waals surface area contributed by atoms with Crippen molar-refractivity contribution in [3.8, 4) is 0 Å². The van der Waals surface area contributed by atoms with Gasteiger partial charge in [-0.25, -0.2) is 0 Å².